The minimum Gasteiger partial charge on any atom is -0.455 e. The topological polar surface area (TPSA) is 26.3 Å². The molecular formula is C62H36O2. The summed E-state index contributed by atoms with van der Waals surface area (Å²) >= 11 is 0. The van der Waals surface area contributed by atoms with Crippen molar-refractivity contribution in [2.75, 3.05) is 0 Å². The Kier molecular flexibility index (Phi) is 7.43. The van der Waals surface area contributed by atoms with E-state index in [1.165, 1.54) is 81.9 Å². The smallest absolute Gasteiger partial charge is 0.143 e. The van der Waals surface area contributed by atoms with Gasteiger partial charge in [0.25, 0.3) is 0 Å². The number of para-hydroxylation sites is 1. The summed E-state index contributed by atoms with van der Waals surface area (Å²) in [5.41, 5.74) is 13.1. The lowest BCUT2D eigenvalue weighted by Crippen LogP contribution is -1.90. The van der Waals surface area contributed by atoms with Gasteiger partial charge in [0.15, 0.2) is 0 Å². The summed E-state index contributed by atoms with van der Waals surface area (Å²) in [6.45, 7) is 0. The van der Waals surface area contributed by atoms with E-state index in [9.17, 15) is 0 Å². The van der Waals surface area contributed by atoms with Crippen molar-refractivity contribution in [3.8, 4) is 44.5 Å². The molecule has 14 rings (SSSR count). The van der Waals surface area contributed by atoms with Crippen LogP contribution in [0.3, 0.4) is 0 Å². The number of fused-ring (bicyclic) bond motifs is 12. The second-order valence-corrected chi connectivity index (χ2v) is 17.0. The fraction of sp³-hybridized carbons (Fsp3) is 0. The first-order valence-electron chi connectivity index (χ1n) is 22.0. The Bertz CT molecular complexity index is 4130. The molecule has 0 spiro atoms. The van der Waals surface area contributed by atoms with E-state index in [1.807, 2.05) is 0 Å². The maximum Gasteiger partial charge on any atom is 0.143 e. The van der Waals surface area contributed by atoms with Gasteiger partial charge in [0, 0.05) is 38.1 Å². The molecule has 2 heterocycles. The Balaban J connectivity index is 0.977. The van der Waals surface area contributed by atoms with E-state index in [1.54, 1.807) is 0 Å². The van der Waals surface area contributed by atoms with Gasteiger partial charge in [-0.15, -0.1) is 0 Å². The summed E-state index contributed by atoms with van der Waals surface area (Å²) in [6.07, 6.45) is 0. The zero-order chi connectivity index (χ0) is 41.9. The molecule has 0 atom stereocenters. The lowest BCUT2D eigenvalue weighted by molar-refractivity contribution is 0.670. The summed E-state index contributed by atoms with van der Waals surface area (Å²) in [6, 6.07) is 79.1. The molecule has 0 aliphatic carbocycles. The summed E-state index contributed by atoms with van der Waals surface area (Å²) in [5.74, 6) is 0. The van der Waals surface area contributed by atoms with Crippen LogP contribution < -0.4 is 0 Å². The number of hydrogen-bond acceptors (Lipinski definition) is 2. The van der Waals surface area contributed by atoms with Gasteiger partial charge in [0.2, 0.25) is 0 Å². The Morgan fingerprint density at radius 3 is 1.30 bits per heavy atom. The molecule has 0 saturated carbocycles. The van der Waals surface area contributed by atoms with Crippen LogP contribution in [0.4, 0.5) is 0 Å². The lowest BCUT2D eigenvalue weighted by atomic mass is 9.85. The predicted octanol–water partition coefficient (Wildman–Crippen LogP) is 17.9. The second kappa shape index (κ2) is 13.5. The normalized spacial score (nSPS) is 12.1. The van der Waals surface area contributed by atoms with E-state index >= 15 is 0 Å². The van der Waals surface area contributed by atoms with Crippen LogP contribution in [-0.2, 0) is 0 Å². The molecule has 2 nitrogen and oxygen atoms in total. The van der Waals surface area contributed by atoms with Crippen LogP contribution in [0.1, 0.15) is 0 Å². The van der Waals surface area contributed by atoms with Gasteiger partial charge >= 0.3 is 0 Å². The molecule has 0 bridgehead atoms. The lowest BCUT2D eigenvalue weighted by Gasteiger charge is -2.17. The van der Waals surface area contributed by atoms with Crippen LogP contribution in [-0.4, -0.2) is 0 Å². The van der Waals surface area contributed by atoms with Crippen molar-refractivity contribution in [3.63, 3.8) is 0 Å². The van der Waals surface area contributed by atoms with Gasteiger partial charge in [-0.3, -0.25) is 0 Å². The Labute approximate surface area is 367 Å². The highest BCUT2D eigenvalue weighted by atomic mass is 16.3. The molecule has 64 heavy (non-hydrogen) atoms. The quantitative estimate of drug-likeness (QED) is 0.166. The minimum atomic E-state index is 0.872. The molecule has 0 aliphatic rings. The molecule has 0 aliphatic heterocycles. The van der Waals surface area contributed by atoms with Crippen molar-refractivity contribution in [1.29, 1.82) is 0 Å². The fourth-order valence-corrected chi connectivity index (χ4v) is 10.9. The number of furan rings is 2. The highest BCUT2D eigenvalue weighted by Gasteiger charge is 2.22. The highest BCUT2D eigenvalue weighted by molar-refractivity contribution is 6.26. The monoisotopic (exact) mass is 812 g/mol. The number of benzene rings is 12. The Morgan fingerprint density at radius 1 is 0.219 bits per heavy atom. The van der Waals surface area contributed by atoms with E-state index in [-0.39, 0.29) is 0 Å². The predicted molar refractivity (Wildman–Crippen MR) is 270 cm³/mol. The van der Waals surface area contributed by atoms with Crippen LogP contribution in [0.2, 0.25) is 0 Å². The molecule has 0 radical (unpaired) electrons. The van der Waals surface area contributed by atoms with Gasteiger partial charge in [0.05, 0.1) is 0 Å². The maximum absolute atomic E-state index is 7.12. The van der Waals surface area contributed by atoms with Crippen LogP contribution in [0.5, 0.6) is 0 Å². The average molecular weight is 813 g/mol. The van der Waals surface area contributed by atoms with Crippen LogP contribution in [0.15, 0.2) is 227 Å². The largest absolute Gasteiger partial charge is 0.455 e. The molecule has 2 aromatic heterocycles. The second-order valence-electron chi connectivity index (χ2n) is 17.0. The molecule has 0 amide bonds. The van der Waals surface area contributed by atoms with Crippen LogP contribution >= 0.6 is 0 Å². The van der Waals surface area contributed by atoms with Crippen LogP contribution in [0, 0.1) is 0 Å². The third kappa shape index (κ3) is 5.02. The molecule has 2 heteroatoms. The van der Waals surface area contributed by atoms with Gasteiger partial charge in [0.1, 0.15) is 22.3 Å². The third-order valence-corrected chi connectivity index (χ3v) is 13.6. The summed E-state index contributed by atoms with van der Waals surface area (Å²) in [5, 5.41) is 16.5. The SMILES string of the molecule is c1ccc(-c2c3ccccc3c(-c3cccc4c3oc3cc(-c5c6ccccc6c(-c6ccc7oc8c9ccccc9ccc8c7c6)c6ccccc56)ccc34)c3ccccc23)cc1. The summed E-state index contributed by atoms with van der Waals surface area (Å²) < 4.78 is 13.7. The first kappa shape index (κ1) is 35.2. The molecule has 0 fully saturated rings. The average Bonchev–Trinajstić information content (AvgIpc) is 3.93. The van der Waals surface area contributed by atoms with Crippen molar-refractivity contribution in [2.45, 2.75) is 0 Å². The van der Waals surface area contributed by atoms with Gasteiger partial charge in [-0.25, -0.2) is 0 Å². The van der Waals surface area contributed by atoms with E-state index < -0.39 is 0 Å². The van der Waals surface area contributed by atoms with Gasteiger partial charge in [-0.05, 0) is 112 Å². The molecule has 0 unspecified atom stereocenters. The standard InChI is InChI=1S/C62H36O2/c1-2-16-38(17-3-1)57-47-23-10-12-25-49(47)60(50-26-13-11-24-48(50)57)53-28-14-27-51-42-32-30-40(36-56(42)64-62(51)53)59-45-21-8-6-19-43(45)58(44-20-7-9-22-46(44)59)39-31-34-55-54(35-39)52-33-29-37-15-4-5-18-41(37)61(52)63-55/h1-36H. The van der Waals surface area contributed by atoms with E-state index in [0.717, 1.165) is 60.4 Å². The summed E-state index contributed by atoms with van der Waals surface area (Å²) in [4.78, 5) is 0. The van der Waals surface area contributed by atoms with Crippen molar-refractivity contribution in [1.82, 2.24) is 0 Å². The minimum absolute atomic E-state index is 0.872. The van der Waals surface area contributed by atoms with Crippen molar-refractivity contribution < 1.29 is 8.83 Å². The third-order valence-electron chi connectivity index (χ3n) is 13.6. The zero-order valence-corrected chi connectivity index (χ0v) is 34.6. The zero-order valence-electron chi connectivity index (χ0n) is 34.6. The van der Waals surface area contributed by atoms with Crippen molar-refractivity contribution >= 4 is 97.7 Å². The van der Waals surface area contributed by atoms with Crippen molar-refractivity contribution in [3.05, 3.63) is 218 Å². The van der Waals surface area contributed by atoms with E-state index in [2.05, 4.69) is 218 Å². The van der Waals surface area contributed by atoms with Gasteiger partial charge in [-0.1, -0.05) is 188 Å². The molecule has 296 valence electrons. The molecule has 0 N–H and O–H groups in total. The van der Waals surface area contributed by atoms with E-state index in [0.29, 0.717) is 0 Å². The van der Waals surface area contributed by atoms with E-state index in [4.69, 9.17) is 8.83 Å². The summed E-state index contributed by atoms with van der Waals surface area (Å²) in [7, 11) is 0. The fourth-order valence-electron chi connectivity index (χ4n) is 10.9. The maximum atomic E-state index is 7.12. The van der Waals surface area contributed by atoms with Crippen LogP contribution in [0.25, 0.3) is 142 Å². The van der Waals surface area contributed by atoms with Gasteiger partial charge in [-0.2, -0.15) is 0 Å². The Morgan fingerprint density at radius 2 is 0.672 bits per heavy atom. The molecule has 14 aromatic rings. The number of rotatable bonds is 4. The number of hydrogen-bond donors (Lipinski definition) is 0. The first-order chi connectivity index (χ1) is 31.8. The van der Waals surface area contributed by atoms with Gasteiger partial charge < -0.3 is 8.83 Å². The molecule has 12 aromatic carbocycles. The first-order valence-corrected chi connectivity index (χ1v) is 22.0. The molecule has 0 saturated heterocycles. The highest BCUT2D eigenvalue weighted by Crippen LogP contribution is 2.49. The van der Waals surface area contributed by atoms with Crippen molar-refractivity contribution in [2.24, 2.45) is 0 Å². The molecular weight excluding hydrogens is 777 g/mol. The Hall–Kier alpha value is -8.46.